The zero-order chi connectivity index (χ0) is 16.2. The first-order valence-electron chi connectivity index (χ1n) is 6.43. The smallest absolute Gasteiger partial charge is 0.244 e. The number of benzene rings is 2. The predicted molar refractivity (Wildman–Crippen MR) is 80.0 cm³/mol. The molecule has 0 heterocycles. The molecular formula is C15H16FNO4S. The van der Waals surface area contributed by atoms with Gasteiger partial charge in [-0.25, -0.2) is 17.5 Å². The predicted octanol–water partition coefficient (Wildman–Crippen LogP) is 2.32. The Balaban J connectivity index is 2.27. The lowest BCUT2D eigenvalue weighted by Crippen LogP contribution is -2.24. The van der Waals surface area contributed by atoms with Gasteiger partial charge in [-0.3, -0.25) is 0 Å². The molecule has 0 saturated carbocycles. The summed E-state index contributed by atoms with van der Waals surface area (Å²) in [6.45, 7) is 0.0199. The van der Waals surface area contributed by atoms with Gasteiger partial charge in [0.1, 0.15) is 22.2 Å². The third-order valence-electron chi connectivity index (χ3n) is 3.06. The van der Waals surface area contributed by atoms with Crippen LogP contribution in [0.1, 0.15) is 5.56 Å². The highest BCUT2D eigenvalue weighted by Crippen LogP contribution is 2.25. The number of para-hydroxylation sites is 1. The number of rotatable bonds is 6. The Kier molecular flexibility index (Phi) is 4.99. The van der Waals surface area contributed by atoms with Crippen LogP contribution < -0.4 is 14.2 Å². The molecule has 0 aliphatic carbocycles. The molecule has 0 bridgehead atoms. The van der Waals surface area contributed by atoms with Gasteiger partial charge in [-0.2, -0.15) is 0 Å². The van der Waals surface area contributed by atoms with Crippen LogP contribution in [0.5, 0.6) is 11.5 Å². The van der Waals surface area contributed by atoms with Gasteiger partial charge in [-0.1, -0.05) is 18.2 Å². The Bertz CT molecular complexity index is 762. The van der Waals surface area contributed by atoms with Crippen molar-refractivity contribution in [3.8, 4) is 11.5 Å². The van der Waals surface area contributed by atoms with Crippen LogP contribution in [0.25, 0.3) is 0 Å². The van der Waals surface area contributed by atoms with Gasteiger partial charge < -0.3 is 9.47 Å². The quantitative estimate of drug-likeness (QED) is 0.885. The van der Waals surface area contributed by atoms with Gasteiger partial charge in [0.15, 0.2) is 0 Å². The summed E-state index contributed by atoms with van der Waals surface area (Å²) in [7, 11) is -1.09. The van der Waals surface area contributed by atoms with Crippen LogP contribution in [0.2, 0.25) is 0 Å². The van der Waals surface area contributed by atoms with Crippen LogP contribution in [-0.4, -0.2) is 22.6 Å². The monoisotopic (exact) mass is 325 g/mol. The van der Waals surface area contributed by atoms with Gasteiger partial charge in [-0.15, -0.1) is 0 Å². The van der Waals surface area contributed by atoms with Crippen molar-refractivity contribution >= 4 is 10.0 Å². The highest BCUT2D eigenvalue weighted by molar-refractivity contribution is 7.89. The van der Waals surface area contributed by atoms with E-state index in [4.69, 9.17) is 9.47 Å². The Morgan fingerprint density at radius 2 is 1.73 bits per heavy atom. The Labute approximate surface area is 128 Å². The molecule has 2 aromatic rings. The molecule has 0 atom stereocenters. The third-order valence-corrected chi connectivity index (χ3v) is 4.48. The number of hydrogen-bond donors (Lipinski definition) is 1. The Hall–Kier alpha value is -2.12. The highest BCUT2D eigenvalue weighted by atomic mass is 32.2. The fraction of sp³-hybridized carbons (Fsp3) is 0.200. The van der Waals surface area contributed by atoms with Gasteiger partial charge in [0.05, 0.1) is 14.2 Å². The maximum atomic E-state index is 13.3. The summed E-state index contributed by atoms with van der Waals surface area (Å²) in [4.78, 5) is -0.245. The summed E-state index contributed by atoms with van der Waals surface area (Å²) in [6, 6.07) is 10.4. The second-order valence-corrected chi connectivity index (χ2v) is 6.17. The number of halogens is 1. The minimum Gasteiger partial charge on any atom is -0.496 e. The second kappa shape index (κ2) is 6.76. The van der Waals surface area contributed by atoms with Gasteiger partial charge in [0, 0.05) is 12.1 Å². The van der Waals surface area contributed by atoms with Crippen molar-refractivity contribution in [3.63, 3.8) is 0 Å². The molecule has 0 unspecified atom stereocenters. The average molecular weight is 325 g/mol. The Morgan fingerprint density at radius 1 is 1.05 bits per heavy atom. The van der Waals surface area contributed by atoms with Crippen LogP contribution in [0.15, 0.2) is 47.4 Å². The molecule has 2 rings (SSSR count). The van der Waals surface area contributed by atoms with E-state index < -0.39 is 15.8 Å². The topological polar surface area (TPSA) is 64.6 Å². The molecule has 0 aromatic heterocycles. The van der Waals surface area contributed by atoms with Crippen molar-refractivity contribution < 1.29 is 22.3 Å². The SMILES string of the molecule is COc1ccccc1CNS(=O)(=O)c1cc(F)ccc1OC. The maximum Gasteiger partial charge on any atom is 0.244 e. The number of nitrogens with one attached hydrogen (secondary N) is 1. The molecule has 0 fully saturated rings. The van der Waals surface area contributed by atoms with Crippen LogP contribution in [0.3, 0.4) is 0 Å². The van der Waals surface area contributed by atoms with E-state index in [1.54, 1.807) is 24.3 Å². The molecule has 0 saturated heterocycles. The average Bonchev–Trinajstić information content (AvgIpc) is 2.53. The molecule has 1 N–H and O–H groups in total. The van der Waals surface area contributed by atoms with Crippen LogP contribution in [0, 0.1) is 5.82 Å². The van der Waals surface area contributed by atoms with E-state index in [9.17, 15) is 12.8 Å². The van der Waals surface area contributed by atoms with Crippen molar-refractivity contribution in [3.05, 3.63) is 53.8 Å². The molecule has 118 valence electrons. The molecule has 0 spiro atoms. The standard InChI is InChI=1S/C15H16FNO4S/c1-20-13-6-4-3-5-11(13)10-17-22(18,19)15-9-12(16)7-8-14(15)21-2/h3-9,17H,10H2,1-2H3. The van der Waals surface area contributed by atoms with Crippen molar-refractivity contribution in [1.29, 1.82) is 0 Å². The van der Waals surface area contributed by atoms with Gasteiger partial charge in [-0.05, 0) is 24.3 Å². The lowest BCUT2D eigenvalue weighted by molar-refractivity contribution is 0.400. The van der Waals surface area contributed by atoms with Crippen LogP contribution in [-0.2, 0) is 16.6 Å². The first-order chi connectivity index (χ1) is 10.5. The first-order valence-corrected chi connectivity index (χ1v) is 7.91. The van der Waals surface area contributed by atoms with Crippen molar-refractivity contribution in [2.45, 2.75) is 11.4 Å². The molecule has 2 aromatic carbocycles. The van der Waals surface area contributed by atoms with Gasteiger partial charge in [0.2, 0.25) is 10.0 Å². The van der Waals surface area contributed by atoms with Crippen LogP contribution >= 0.6 is 0 Å². The van der Waals surface area contributed by atoms with Crippen molar-refractivity contribution in [2.24, 2.45) is 0 Å². The molecule has 0 amide bonds. The largest absolute Gasteiger partial charge is 0.496 e. The summed E-state index contributed by atoms with van der Waals surface area (Å²) in [5, 5.41) is 0. The number of hydrogen-bond acceptors (Lipinski definition) is 4. The number of ether oxygens (including phenoxy) is 2. The molecule has 22 heavy (non-hydrogen) atoms. The molecule has 0 radical (unpaired) electrons. The van der Waals surface area contributed by atoms with E-state index in [1.165, 1.54) is 20.3 Å². The lowest BCUT2D eigenvalue weighted by atomic mass is 10.2. The summed E-state index contributed by atoms with van der Waals surface area (Å²) < 4.78 is 50.6. The van der Waals surface area contributed by atoms with Crippen LogP contribution in [0.4, 0.5) is 4.39 Å². The fourth-order valence-corrected chi connectivity index (χ4v) is 3.15. The highest BCUT2D eigenvalue weighted by Gasteiger charge is 2.20. The van der Waals surface area contributed by atoms with Gasteiger partial charge >= 0.3 is 0 Å². The fourth-order valence-electron chi connectivity index (χ4n) is 1.96. The van der Waals surface area contributed by atoms with Crippen molar-refractivity contribution in [2.75, 3.05) is 14.2 Å². The first kappa shape index (κ1) is 16.3. The summed E-state index contributed by atoms with van der Waals surface area (Å²) >= 11 is 0. The van der Waals surface area contributed by atoms with E-state index >= 15 is 0 Å². The summed E-state index contributed by atoms with van der Waals surface area (Å²) in [6.07, 6.45) is 0. The summed E-state index contributed by atoms with van der Waals surface area (Å²) in [5.74, 6) is -0.0104. The van der Waals surface area contributed by atoms with E-state index in [-0.39, 0.29) is 17.2 Å². The lowest BCUT2D eigenvalue weighted by Gasteiger charge is -2.12. The zero-order valence-electron chi connectivity index (χ0n) is 12.2. The minimum absolute atomic E-state index is 0.0199. The summed E-state index contributed by atoms with van der Waals surface area (Å²) in [5.41, 5.74) is 0.670. The van der Waals surface area contributed by atoms with Gasteiger partial charge in [0.25, 0.3) is 0 Å². The maximum absolute atomic E-state index is 13.3. The molecular weight excluding hydrogens is 309 g/mol. The second-order valence-electron chi connectivity index (χ2n) is 4.43. The Morgan fingerprint density at radius 3 is 2.41 bits per heavy atom. The minimum atomic E-state index is -3.92. The number of methoxy groups -OCH3 is 2. The molecule has 0 aliphatic heterocycles. The zero-order valence-corrected chi connectivity index (χ0v) is 13.0. The number of sulfonamides is 1. The molecule has 7 heteroatoms. The third kappa shape index (κ3) is 3.55. The van der Waals surface area contributed by atoms with E-state index in [2.05, 4.69) is 4.72 Å². The van der Waals surface area contributed by atoms with E-state index in [1.807, 2.05) is 0 Å². The normalized spacial score (nSPS) is 11.2. The molecule has 0 aliphatic rings. The molecule has 5 nitrogen and oxygen atoms in total. The van der Waals surface area contributed by atoms with Crippen molar-refractivity contribution in [1.82, 2.24) is 4.72 Å². The van der Waals surface area contributed by atoms with E-state index in [0.717, 1.165) is 12.1 Å². The van der Waals surface area contributed by atoms with E-state index in [0.29, 0.717) is 11.3 Å².